The normalized spacial score (nSPS) is 10.9. The third-order valence-electron chi connectivity index (χ3n) is 4.61. The van der Waals surface area contributed by atoms with Crippen LogP contribution in [-0.4, -0.2) is 32.7 Å². The van der Waals surface area contributed by atoms with Crippen molar-refractivity contribution in [1.82, 2.24) is 25.1 Å². The highest BCUT2D eigenvalue weighted by Crippen LogP contribution is 2.29. The maximum atomic E-state index is 14.2. The Morgan fingerprint density at radius 1 is 1.13 bits per heavy atom. The molecule has 9 heteroatoms. The molecule has 0 fully saturated rings. The predicted octanol–water partition coefficient (Wildman–Crippen LogP) is 3.57. The molecular weight excluding hydrogens is 390 g/mol. The van der Waals surface area contributed by atoms with Gasteiger partial charge in [-0.2, -0.15) is 5.10 Å². The van der Waals surface area contributed by atoms with Crippen molar-refractivity contribution in [3.05, 3.63) is 66.1 Å². The van der Waals surface area contributed by atoms with Crippen LogP contribution in [0.2, 0.25) is 0 Å². The molecule has 7 nitrogen and oxygen atoms in total. The summed E-state index contributed by atoms with van der Waals surface area (Å²) in [6, 6.07) is 6.66. The van der Waals surface area contributed by atoms with Crippen LogP contribution in [0.3, 0.4) is 0 Å². The third kappa shape index (κ3) is 3.82. The van der Waals surface area contributed by atoms with E-state index in [-0.39, 0.29) is 18.0 Å². The third-order valence-corrected chi connectivity index (χ3v) is 4.61. The minimum absolute atomic E-state index is 0.0730. The molecule has 4 rings (SSSR count). The number of aryl methyl sites for hydroxylation is 1. The van der Waals surface area contributed by atoms with Gasteiger partial charge in [-0.05, 0) is 42.8 Å². The van der Waals surface area contributed by atoms with E-state index < -0.39 is 11.6 Å². The number of halogens is 2. The molecule has 0 saturated carbocycles. The molecule has 4 aromatic rings. The molecule has 2 N–H and O–H groups in total. The average molecular weight is 408 g/mol. The highest BCUT2D eigenvalue weighted by Gasteiger charge is 2.13. The van der Waals surface area contributed by atoms with Gasteiger partial charge in [0.1, 0.15) is 29.2 Å². The van der Waals surface area contributed by atoms with Crippen LogP contribution in [0.25, 0.3) is 22.3 Å². The van der Waals surface area contributed by atoms with Gasteiger partial charge in [0, 0.05) is 30.7 Å². The molecule has 3 aromatic heterocycles. The Bertz CT molecular complexity index is 1250. The maximum absolute atomic E-state index is 14.2. The van der Waals surface area contributed by atoms with Crippen molar-refractivity contribution in [2.45, 2.75) is 13.5 Å². The Kier molecular flexibility index (Phi) is 5.09. The molecule has 0 atom stereocenters. The lowest BCUT2D eigenvalue weighted by Gasteiger charge is -2.12. The Balaban J connectivity index is 1.71. The second-order valence-electron chi connectivity index (χ2n) is 6.73. The van der Waals surface area contributed by atoms with Crippen molar-refractivity contribution in [1.29, 1.82) is 0 Å². The molecule has 3 heterocycles. The Hall–Kier alpha value is -3.88. The highest BCUT2D eigenvalue weighted by molar-refractivity contribution is 5.90. The van der Waals surface area contributed by atoms with Crippen LogP contribution in [0.15, 0.2) is 48.9 Å². The molecular formula is C21H18F2N6O. The minimum atomic E-state index is -0.557. The number of benzene rings is 1. The first-order valence-corrected chi connectivity index (χ1v) is 9.16. The van der Waals surface area contributed by atoms with Crippen molar-refractivity contribution in [2.24, 2.45) is 0 Å². The molecule has 0 unspecified atom stereocenters. The van der Waals surface area contributed by atoms with Gasteiger partial charge in [0.25, 0.3) is 0 Å². The minimum Gasteiger partial charge on any atom is -0.358 e. The molecule has 152 valence electrons. The van der Waals surface area contributed by atoms with Crippen LogP contribution >= 0.6 is 0 Å². The number of hydrogen-bond donors (Lipinski definition) is 2. The van der Waals surface area contributed by atoms with E-state index in [1.165, 1.54) is 4.68 Å². The van der Waals surface area contributed by atoms with Gasteiger partial charge in [-0.1, -0.05) is 0 Å². The summed E-state index contributed by atoms with van der Waals surface area (Å²) in [6.45, 7) is 1.92. The van der Waals surface area contributed by atoms with Crippen LogP contribution in [0.1, 0.15) is 5.56 Å². The molecule has 1 aromatic carbocycles. The zero-order valence-electron chi connectivity index (χ0n) is 16.3. The lowest BCUT2D eigenvalue weighted by Crippen LogP contribution is -2.23. The summed E-state index contributed by atoms with van der Waals surface area (Å²) in [5.41, 5.74) is 3.71. The topological polar surface area (TPSA) is 84.7 Å². The van der Waals surface area contributed by atoms with Gasteiger partial charge in [-0.3, -0.25) is 19.4 Å². The molecule has 0 aliphatic carbocycles. The standard InChI is InChI=1S/C21H18F2N6O/c1-12-9-26-18(14-7-13(22)3-4-15(14)23)8-17(12)27-16-5-6-25-19-10-29(28-21(16)19)11-20(30)24-2/h3-10H,11H2,1-2H3,(H,24,30)(H,26,27). The fraction of sp³-hybridized carbons (Fsp3) is 0.143. The molecule has 0 saturated heterocycles. The smallest absolute Gasteiger partial charge is 0.241 e. The quantitative estimate of drug-likeness (QED) is 0.527. The number of rotatable bonds is 5. The summed E-state index contributed by atoms with van der Waals surface area (Å²) in [6.07, 6.45) is 4.90. The van der Waals surface area contributed by atoms with E-state index in [2.05, 4.69) is 25.7 Å². The monoisotopic (exact) mass is 408 g/mol. The fourth-order valence-corrected chi connectivity index (χ4v) is 3.02. The Morgan fingerprint density at radius 3 is 2.77 bits per heavy atom. The number of likely N-dealkylation sites (N-methyl/N-ethyl adjacent to an activating group) is 1. The largest absolute Gasteiger partial charge is 0.358 e. The van der Waals surface area contributed by atoms with Crippen molar-refractivity contribution in [2.75, 3.05) is 12.4 Å². The number of anilines is 2. The lowest BCUT2D eigenvalue weighted by molar-refractivity contribution is -0.121. The summed E-state index contributed by atoms with van der Waals surface area (Å²) >= 11 is 0. The second kappa shape index (κ2) is 7.86. The number of aromatic nitrogens is 4. The zero-order chi connectivity index (χ0) is 21.3. The molecule has 0 radical (unpaired) electrons. The van der Waals surface area contributed by atoms with Gasteiger partial charge in [-0.25, -0.2) is 8.78 Å². The summed E-state index contributed by atoms with van der Waals surface area (Å²) in [5, 5.41) is 10.3. The van der Waals surface area contributed by atoms with E-state index in [4.69, 9.17) is 0 Å². The van der Waals surface area contributed by atoms with E-state index in [0.717, 1.165) is 23.8 Å². The summed E-state index contributed by atoms with van der Waals surface area (Å²) < 4.78 is 29.3. The fourth-order valence-electron chi connectivity index (χ4n) is 3.02. The Labute approximate surface area is 170 Å². The van der Waals surface area contributed by atoms with Gasteiger partial charge in [0.2, 0.25) is 5.91 Å². The summed E-state index contributed by atoms with van der Waals surface area (Å²) in [4.78, 5) is 20.2. The number of hydrogen-bond acceptors (Lipinski definition) is 5. The van der Waals surface area contributed by atoms with Crippen LogP contribution < -0.4 is 10.6 Å². The van der Waals surface area contributed by atoms with E-state index in [9.17, 15) is 13.6 Å². The van der Waals surface area contributed by atoms with Crippen LogP contribution in [-0.2, 0) is 11.3 Å². The average Bonchev–Trinajstić information content (AvgIpc) is 3.14. The van der Waals surface area contributed by atoms with E-state index >= 15 is 0 Å². The molecule has 0 aliphatic rings. The first-order chi connectivity index (χ1) is 14.4. The maximum Gasteiger partial charge on any atom is 0.241 e. The van der Waals surface area contributed by atoms with Gasteiger partial charge >= 0.3 is 0 Å². The Morgan fingerprint density at radius 2 is 1.97 bits per heavy atom. The van der Waals surface area contributed by atoms with Crippen molar-refractivity contribution >= 4 is 28.3 Å². The highest BCUT2D eigenvalue weighted by atomic mass is 19.1. The van der Waals surface area contributed by atoms with Crippen LogP contribution in [0.4, 0.5) is 20.2 Å². The second-order valence-corrected chi connectivity index (χ2v) is 6.73. The zero-order valence-corrected chi connectivity index (χ0v) is 16.3. The first-order valence-electron chi connectivity index (χ1n) is 9.16. The summed E-state index contributed by atoms with van der Waals surface area (Å²) in [5.74, 6) is -1.28. The number of nitrogens with one attached hydrogen (secondary N) is 2. The van der Waals surface area contributed by atoms with Gasteiger partial charge in [0.15, 0.2) is 0 Å². The number of carbonyl (C=O) groups excluding carboxylic acids is 1. The van der Waals surface area contributed by atoms with Crippen molar-refractivity contribution < 1.29 is 13.6 Å². The molecule has 0 bridgehead atoms. The van der Waals surface area contributed by atoms with E-state index in [0.29, 0.717) is 28.1 Å². The van der Waals surface area contributed by atoms with Crippen LogP contribution in [0, 0.1) is 18.6 Å². The molecule has 0 aliphatic heterocycles. The number of pyridine rings is 2. The number of fused-ring (bicyclic) bond motifs is 1. The summed E-state index contributed by atoms with van der Waals surface area (Å²) in [7, 11) is 1.56. The predicted molar refractivity (Wildman–Crippen MR) is 109 cm³/mol. The molecule has 1 amide bonds. The number of nitrogens with zero attached hydrogens (tertiary/aromatic N) is 4. The van der Waals surface area contributed by atoms with Crippen molar-refractivity contribution in [3.63, 3.8) is 0 Å². The van der Waals surface area contributed by atoms with Crippen molar-refractivity contribution in [3.8, 4) is 11.3 Å². The lowest BCUT2D eigenvalue weighted by atomic mass is 10.1. The molecule has 30 heavy (non-hydrogen) atoms. The number of amides is 1. The van der Waals surface area contributed by atoms with Crippen LogP contribution in [0.5, 0.6) is 0 Å². The van der Waals surface area contributed by atoms with Gasteiger partial charge in [-0.15, -0.1) is 0 Å². The SMILES string of the molecule is CNC(=O)Cn1cc2nccc(Nc3cc(-c4cc(F)ccc4F)ncc3C)c2n1. The molecule has 0 spiro atoms. The van der Waals surface area contributed by atoms with E-state index in [1.54, 1.807) is 37.8 Å². The number of carbonyl (C=O) groups is 1. The van der Waals surface area contributed by atoms with Gasteiger partial charge < -0.3 is 10.6 Å². The van der Waals surface area contributed by atoms with Gasteiger partial charge in [0.05, 0.1) is 17.6 Å². The van der Waals surface area contributed by atoms with E-state index in [1.807, 2.05) is 6.92 Å². The first kappa shape index (κ1) is 19.4.